The first-order valence-electron chi connectivity index (χ1n) is 11.4. The van der Waals surface area contributed by atoms with Crippen LogP contribution in [0.4, 0.5) is 13.6 Å². The normalized spacial score (nSPS) is 17.3. The average molecular weight is 492 g/mol. The lowest BCUT2D eigenvalue weighted by Gasteiger charge is -2.41. The number of hydrogen-bond acceptors (Lipinski definition) is 6. The highest BCUT2D eigenvalue weighted by atomic mass is 19.1. The number of ether oxygens (including phenoxy) is 1. The van der Waals surface area contributed by atoms with E-state index in [0.717, 1.165) is 29.2 Å². The van der Waals surface area contributed by atoms with Crippen LogP contribution < -0.4 is 4.74 Å². The van der Waals surface area contributed by atoms with Gasteiger partial charge in [-0.1, -0.05) is 0 Å². The molecule has 1 unspecified atom stereocenters. The molecule has 184 valence electrons. The fourth-order valence-corrected chi connectivity index (χ4v) is 4.53. The van der Waals surface area contributed by atoms with E-state index in [2.05, 4.69) is 15.2 Å². The molecule has 2 aliphatic heterocycles. The predicted octanol–water partition coefficient (Wildman–Crippen LogP) is 3.86. The lowest BCUT2D eigenvalue weighted by Crippen LogP contribution is -2.58. The van der Waals surface area contributed by atoms with Crippen molar-refractivity contribution in [1.29, 1.82) is 5.26 Å². The second kappa shape index (κ2) is 9.03. The first-order chi connectivity index (χ1) is 17.2. The van der Waals surface area contributed by atoms with E-state index in [4.69, 9.17) is 10.00 Å². The first-order valence-corrected chi connectivity index (χ1v) is 11.4. The molecule has 4 heterocycles. The smallest absolute Gasteiger partial charge is 0.341 e. The molecule has 1 fully saturated rings. The van der Waals surface area contributed by atoms with Crippen molar-refractivity contribution in [1.82, 2.24) is 24.7 Å². The Morgan fingerprint density at radius 3 is 2.67 bits per heavy atom. The van der Waals surface area contributed by atoms with Gasteiger partial charge in [0.05, 0.1) is 48.3 Å². The molecule has 2 aliphatic rings. The number of benzene rings is 1. The second-order valence-electron chi connectivity index (χ2n) is 8.88. The van der Waals surface area contributed by atoms with Crippen LogP contribution in [0.1, 0.15) is 35.0 Å². The van der Waals surface area contributed by atoms with E-state index in [9.17, 15) is 13.6 Å². The molecule has 1 atom stereocenters. The lowest BCUT2D eigenvalue weighted by atomic mass is 10.0. The van der Waals surface area contributed by atoms with Crippen LogP contribution in [0.5, 0.6) is 5.75 Å². The molecule has 11 heteroatoms. The third kappa shape index (κ3) is 4.15. The Kier molecular flexibility index (Phi) is 5.88. The number of nitrogens with zero attached hydrogens (tertiary/aromatic N) is 7. The summed E-state index contributed by atoms with van der Waals surface area (Å²) < 4.78 is 36.0. The third-order valence-electron chi connectivity index (χ3n) is 6.46. The van der Waals surface area contributed by atoms with Crippen molar-refractivity contribution in [3.05, 3.63) is 64.6 Å². The zero-order valence-corrected chi connectivity index (χ0v) is 19.9. The first kappa shape index (κ1) is 23.4. The highest BCUT2D eigenvalue weighted by Gasteiger charge is 2.39. The van der Waals surface area contributed by atoms with Gasteiger partial charge in [-0.15, -0.1) is 0 Å². The van der Waals surface area contributed by atoms with Crippen LogP contribution in [-0.4, -0.2) is 56.1 Å². The van der Waals surface area contributed by atoms with Crippen LogP contribution in [-0.2, 0) is 7.05 Å². The Labute approximate surface area is 206 Å². The van der Waals surface area contributed by atoms with E-state index in [1.165, 1.54) is 16.0 Å². The Bertz CT molecular complexity index is 1420. The largest absolute Gasteiger partial charge is 0.483 e. The van der Waals surface area contributed by atoms with Gasteiger partial charge in [-0.2, -0.15) is 15.5 Å². The quantitative estimate of drug-likeness (QED) is 0.552. The van der Waals surface area contributed by atoms with Crippen LogP contribution in [0.25, 0.3) is 11.3 Å². The highest BCUT2D eigenvalue weighted by Crippen LogP contribution is 2.33. The average Bonchev–Trinajstić information content (AvgIpc) is 3.41. The van der Waals surface area contributed by atoms with Crippen molar-refractivity contribution in [2.24, 2.45) is 12.1 Å². The minimum atomic E-state index is -0.591. The number of halogens is 2. The van der Waals surface area contributed by atoms with Gasteiger partial charge in [0.15, 0.2) is 11.6 Å². The van der Waals surface area contributed by atoms with Gasteiger partial charge in [0, 0.05) is 37.0 Å². The van der Waals surface area contributed by atoms with Crippen molar-refractivity contribution in [3.63, 3.8) is 0 Å². The molecule has 2 aromatic heterocycles. The molecule has 0 radical (unpaired) electrons. The van der Waals surface area contributed by atoms with Gasteiger partial charge in [-0.05, 0) is 37.6 Å². The molecule has 9 nitrogen and oxygen atoms in total. The van der Waals surface area contributed by atoms with Crippen molar-refractivity contribution in [3.8, 4) is 23.1 Å². The fourth-order valence-electron chi connectivity index (χ4n) is 4.53. The number of hydrogen-bond donors (Lipinski definition) is 0. The van der Waals surface area contributed by atoms with Gasteiger partial charge in [0.1, 0.15) is 11.9 Å². The summed E-state index contributed by atoms with van der Waals surface area (Å²) in [6.45, 7) is 4.26. The fraction of sp³-hybridized carbons (Fsp3) is 0.320. The number of aromatic nitrogens is 3. The van der Waals surface area contributed by atoms with E-state index < -0.39 is 23.8 Å². The number of rotatable bonds is 4. The summed E-state index contributed by atoms with van der Waals surface area (Å²) in [4.78, 5) is 18.8. The molecule has 0 aliphatic carbocycles. The molecular weight excluding hydrogens is 468 g/mol. The van der Waals surface area contributed by atoms with E-state index in [1.807, 2.05) is 27.0 Å². The summed E-state index contributed by atoms with van der Waals surface area (Å²) in [5.41, 5.74) is 3.74. The summed E-state index contributed by atoms with van der Waals surface area (Å²) in [6, 6.07) is 6.60. The number of urea groups is 1. The topological polar surface area (TPSA) is 99.6 Å². The Balaban J connectivity index is 1.26. The number of carbonyl (C=O) groups is 1. The standard InChI is InChI=1S/C25H23F2N7O2/c1-14-24(15(2)32(3)31-14)21-9-23(20(27)11-29-21)36-19-12-33(13-19)25(35)34-22(4-5-30-34)17-6-16(10-28)7-18(26)8-17/h5-9,11,19,22H,4,12-13H2,1-3H3. The molecule has 36 heavy (non-hydrogen) atoms. The molecule has 0 spiro atoms. The van der Waals surface area contributed by atoms with Gasteiger partial charge >= 0.3 is 6.03 Å². The van der Waals surface area contributed by atoms with Crippen molar-refractivity contribution < 1.29 is 18.3 Å². The van der Waals surface area contributed by atoms with Gasteiger partial charge in [0.25, 0.3) is 0 Å². The maximum absolute atomic E-state index is 14.5. The second-order valence-corrected chi connectivity index (χ2v) is 8.88. The lowest BCUT2D eigenvalue weighted by molar-refractivity contribution is 0.0257. The minimum Gasteiger partial charge on any atom is -0.483 e. The number of aryl methyl sites for hydroxylation is 2. The number of likely N-dealkylation sites (tertiary alicyclic amines) is 1. The number of nitriles is 1. The molecule has 1 aromatic carbocycles. The van der Waals surface area contributed by atoms with Crippen molar-refractivity contribution in [2.45, 2.75) is 32.4 Å². The van der Waals surface area contributed by atoms with Crippen LogP contribution in [0, 0.1) is 36.8 Å². The van der Waals surface area contributed by atoms with Gasteiger partial charge < -0.3 is 9.64 Å². The SMILES string of the molecule is Cc1nn(C)c(C)c1-c1cc(OC2CN(C(=O)N3N=CCC3c3cc(F)cc(C#N)c3)C2)c(F)cn1. The number of hydrazone groups is 1. The number of amides is 2. The highest BCUT2D eigenvalue weighted by molar-refractivity contribution is 5.79. The van der Waals surface area contributed by atoms with Crippen molar-refractivity contribution in [2.75, 3.05) is 13.1 Å². The van der Waals surface area contributed by atoms with Gasteiger partial charge in [-0.3, -0.25) is 9.67 Å². The van der Waals surface area contributed by atoms with E-state index >= 15 is 0 Å². The van der Waals surface area contributed by atoms with E-state index in [0.29, 0.717) is 17.7 Å². The molecule has 5 rings (SSSR count). The molecule has 0 N–H and O–H groups in total. The monoisotopic (exact) mass is 491 g/mol. The Hall–Kier alpha value is -4.33. The van der Waals surface area contributed by atoms with E-state index in [-0.39, 0.29) is 30.4 Å². The summed E-state index contributed by atoms with van der Waals surface area (Å²) in [5, 5.41) is 19.0. The van der Waals surface area contributed by atoms with Crippen LogP contribution >= 0.6 is 0 Å². The molecular formula is C25H23F2N7O2. The summed E-state index contributed by atoms with van der Waals surface area (Å²) in [5.74, 6) is -1.08. The molecule has 3 aromatic rings. The maximum atomic E-state index is 14.5. The van der Waals surface area contributed by atoms with Crippen LogP contribution in [0.15, 0.2) is 35.6 Å². The third-order valence-corrected chi connectivity index (χ3v) is 6.46. The Morgan fingerprint density at radius 1 is 1.19 bits per heavy atom. The van der Waals surface area contributed by atoms with Crippen molar-refractivity contribution >= 4 is 12.2 Å². The maximum Gasteiger partial charge on any atom is 0.341 e. The minimum absolute atomic E-state index is 0.0561. The van der Waals surface area contributed by atoms with Gasteiger partial charge in [0.2, 0.25) is 0 Å². The summed E-state index contributed by atoms with van der Waals surface area (Å²) in [6.07, 6.45) is 2.71. The van der Waals surface area contributed by atoms with Crippen LogP contribution in [0.2, 0.25) is 0 Å². The van der Waals surface area contributed by atoms with Crippen LogP contribution in [0.3, 0.4) is 0 Å². The zero-order valence-electron chi connectivity index (χ0n) is 19.9. The summed E-state index contributed by atoms with van der Waals surface area (Å²) in [7, 11) is 1.83. The molecule has 2 amide bonds. The number of carbonyl (C=O) groups excluding carboxylic acids is 1. The van der Waals surface area contributed by atoms with Gasteiger partial charge in [-0.25, -0.2) is 18.6 Å². The zero-order chi connectivity index (χ0) is 25.6. The van der Waals surface area contributed by atoms with E-state index in [1.54, 1.807) is 23.0 Å². The molecule has 0 bridgehead atoms. The molecule has 0 saturated carbocycles. The molecule has 1 saturated heterocycles. The predicted molar refractivity (Wildman–Crippen MR) is 126 cm³/mol. The number of pyridine rings is 1. The summed E-state index contributed by atoms with van der Waals surface area (Å²) >= 11 is 0. The Morgan fingerprint density at radius 2 is 1.97 bits per heavy atom.